The average Bonchev–Trinajstić information content (AvgIpc) is 2.74. The van der Waals surface area contributed by atoms with Crippen LogP contribution in [0.4, 0.5) is 5.82 Å². The minimum atomic E-state index is 0.0192. The maximum Gasteiger partial charge on any atom is 0.224 e. The van der Waals surface area contributed by atoms with Gasteiger partial charge in [-0.05, 0) is 31.4 Å². The number of hydrogen-bond donors (Lipinski definition) is 2. The van der Waals surface area contributed by atoms with Crippen LogP contribution in [0, 0.1) is 12.3 Å². The Morgan fingerprint density at radius 2 is 2.12 bits per heavy atom. The van der Waals surface area contributed by atoms with E-state index in [2.05, 4.69) is 15.3 Å². The summed E-state index contributed by atoms with van der Waals surface area (Å²) in [4.78, 5) is 8.14. The molecule has 1 saturated carbocycles. The van der Waals surface area contributed by atoms with E-state index in [-0.39, 0.29) is 17.3 Å². The molecule has 94 valence electrons. The lowest BCUT2D eigenvalue weighted by atomic mass is 9.87. The van der Waals surface area contributed by atoms with E-state index in [4.69, 9.17) is 11.6 Å². The van der Waals surface area contributed by atoms with Crippen LogP contribution in [0.5, 0.6) is 0 Å². The first kappa shape index (κ1) is 12.6. The van der Waals surface area contributed by atoms with E-state index in [0.29, 0.717) is 0 Å². The summed E-state index contributed by atoms with van der Waals surface area (Å²) in [6, 6.07) is 1.87. The monoisotopic (exact) mass is 255 g/mol. The standard InChI is InChI=1S/C12H18ClN3O/c1-9-6-10(16-11(13)15-9)14-7-12(8-17)4-2-3-5-12/h6,17H,2-5,7-8H2,1H3,(H,14,15,16). The van der Waals surface area contributed by atoms with Crippen LogP contribution in [-0.4, -0.2) is 28.2 Å². The normalized spacial score (nSPS) is 18.3. The van der Waals surface area contributed by atoms with Gasteiger partial charge in [-0.15, -0.1) is 0 Å². The third-order valence-corrected chi connectivity index (χ3v) is 3.64. The minimum Gasteiger partial charge on any atom is -0.396 e. The van der Waals surface area contributed by atoms with Crippen LogP contribution in [-0.2, 0) is 0 Å². The third kappa shape index (κ3) is 3.07. The van der Waals surface area contributed by atoms with Gasteiger partial charge in [-0.1, -0.05) is 12.8 Å². The van der Waals surface area contributed by atoms with Crippen molar-refractivity contribution < 1.29 is 5.11 Å². The first-order valence-electron chi connectivity index (χ1n) is 5.99. The van der Waals surface area contributed by atoms with Crippen LogP contribution in [0.1, 0.15) is 31.4 Å². The van der Waals surface area contributed by atoms with E-state index in [0.717, 1.165) is 30.9 Å². The van der Waals surface area contributed by atoms with Gasteiger partial charge in [-0.2, -0.15) is 0 Å². The van der Waals surface area contributed by atoms with Crippen molar-refractivity contribution in [2.45, 2.75) is 32.6 Å². The Bertz CT molecular complexity index is 371. The van der Waals surface area contributed by atoms with Crippen LogP contribution in [0.15, 0.2) is 6.07 Å². The Hall–Kier alpha value is -0.870. The lowest BCUT2D eigenvalue weighted by Crippen LogP contribution is -2.30. The van der Waals surface area contributed by atoms with Crippen molar-refractivity contribution in [1.82, 2.24) is 9.97 Å². The Balaban J connectivity index is 2.01. The molecule has 2 rings (SSSR count). The maximum atomic E-state index is 9.50. The fraction of sp³-hybridized carbons (Fsp3) is 0.667. The highest BCUT2D eigenvalue weighted by Gasteiger charge is 2.32. The van der Waals surface area contributed by atoms with Crippen molar-refractivity contribution >= 4 is 17.4 Å². The Kier molecular flexibility index (Phi) is 3.84. The van der Waals surface area contributed by atoms with E-state index in [1.165, 1.54) is 12.8 Å². The molecule has 1 heterocycles. The molecule has 2 N–H and O–H groups in total. The van der Waals surface area contributed by atoms with Gasteiger partial charge in [-0.25, -0.2) is 9.97 Å². The molecule has 4 nitrogen and oxygen atoms in total. The predicted octanol–water partition coefficient (Wildman–Crippen LogP) is 2.40. The molecule has 1 aromatic heterocycles. The van der Waals surface area contributed by atoms with Crippen molar-refractivity contribution in [2.75, 3.05) is 18.5 Å². The zero-order valence-electron chi connectivity index (χ0n) is 10.0. The summed E-state index contributed by atoms with van der Waals surface area (Å²) in [6.07, 6.45) is 4.56. The Morgan fingerprint density at radius 3 is 2.71 bits per heavy atom. The molecule has 0 aliphatic heterocycles. The lowest BCUT2D eigenvalue weighted by Gasteiger charge is -2.26. The second-order valence-electron chi connectivity index (χ2n) is 4.88. The van der Waals surface area contributed by atoms with Gasteiger partial charge in [0.2, 0.25) is 5.28 Å². The molecular formula is C12H18ClN3O. The van der Waals surface area contributed by atoms with E-state index < -0.39 is 0 Å². The minimum absolute atomic E-state index is 0.0192. The first-order valence-corrected chi connectivity index (χ1v) is 6.37. The second kappa shape index (κ2) is 5.19. The summed E-state index contributed by atoms with van der Waals surface area (Å²) in [5.74, 6) is 0.738. The van der Waals surface area contributed by atoms with Gasteiger partial charge in [-0.3, -0.25) is 0 Å². The summed E-state index contributed by atoms with van der Waals surface area (Å²) in [5, 5.41) is 13.0. The van der Waals surface area contributed by atoms with Crippen molar-refractivity contribution in [3.8, 4) is 0 Å². The molecule has 0 amide bonds. The molecule has 0 spiro atoms. The van der Waals surface area contributed by atoms with Crippen LogP contribution < -0.4 is 5.32 Å². The second-order valence-corrected chi connectivity index (χ2v) is 5.22. The highest BCUT2D eigenvalue weighted by atomic mass is 35.5. The molecule has 1 fully saturated rings. The van der Waals surface area contributed by atoms with Crippen LogP contribution in [0.2, 0.25) is 5.28 Å². The number of aliphatic hydroxyl groups is 1. The molecule has 0 aromatic carbocycles. The predicted molar refractivity (Wildman–Crippen MR) is 68.3 cm³/mol. The molecule has 0 unspecified atom stereocenters. The largest absolute Gasteiger partial charge is 0.396 e. The van der Waals surface area contributed by atoms with Crippen molar-refractivity contribution in [3.05, 3.63) is 17.0 Å². The Labute approximate surface area is 106 Å². The number of hydrogen-bond acceptors (Lipinski definition) is 4. The molecule has 0 bridgehead atoms. The van der Waals surface area contributed by atoms with Crippen molar-refractivity contribution in [2.24, 2.45) is 5.41 Å². The van der Waals surface area contributed by atoms with Gasteiger partial charge in [0.05, 0.1) is 6.61 Å². The van der Waals surface area contributed by atoms with E-state index in [9.17, 15) is 5.11 Å². The number of aromatic nitrogens is 2. The van der Waals surface area contributed by atoms with E-state index in [1.54, 1.807) is 0 Å². The van der Waals surface area contributed by atoms with Gasteiger partial charge in [0.1, 0.15) is 5.82 Å². The van der Waals surface area contributed by atoms with Crippen LogP contribution in [0.25, 0.3) is 0 Å². The molecule has 0 atom stereocenters. The van der Waals surface area contributed by atoms with Gasteiger partial charge < -0.3 is 10.4 Å². The van der Waals surface area contributed by atoms with Gasteiger partial charge in [0.15, 0.2) is 0 Å². The molecular weight excluding hydrogens is 238 g/mol. The molecule has 1 aliphatic carbocycles. The van der Waals surface area contributed by atoms with Crippen LogP contribution in [0.3, 0.4) is 0 Å². The summed E-state index contributed by atoms with van der Waals surface area (Å²) in [7, 11) is 0. The van der Waals surface area contributed by atoms with Gasteiger partial charge >= 0.3 is 0 Å². The number of anilines is 1. The average molecular weight is 256 g/mol. The van der Waals surface area contributed by atoms with E-state index >= 15 is 0 Å². The molecule has 0 radical (unpaired) electrons. The number of nitrogens with one attached hydrogen (secondary N) is 1. The lowest BCUT2D eigenvalue weighted by molar-refractivity contribution is 0.142. The Morgan fingerprint density at radius 1 is 1.41 bits per heavy atom. The topological polar surface area (TPSA) is 58.0 Å². The smallest absolute Gasteiger partial charge is 0.224 e. The molecule has 1 aliphatic rings. The molecule has 5 heteroatoms. The summed E-state index contributed by atoms with van der Waals surface area (Å²) in [5.41, 5.74) is 0.864. The molecule has 1 aromatic rings. The molecule has 17 heavy (non-hydrogen) atoms. The van der Waals surface area contributed by atoms with Gasteiger partial charge in [0, 0.05) is 23.7 Å². The van der Waals surface area contributed by atoms with Crippen molar-refractivity contribution in [1.29, 1.82) is 0 Å². The summed E-state index contributed by atoms with van der Waals surface area (Å²) in [6.45, 7) is 2.87. The fourth-order valence-electron chi connectivity index (χ4n) is 2.42. The zero-order chi connectivity index (χ0) is 12.3. The highest BCUT2D eigenvalue weighted by molar-refractivity contribution is 6.28. The summed E-state index contributed by atoms with van der Waals surface area (Å²) < 4.78 is 0. The number of nitrogens with zero attached hydrogens (tertiary/aromatic N) is 2. The summed E-state index contributed by atoms with van der Waals surface area (Å²) >= 11 is 5.80. The quantitative estimate of drug-likeness (QED) is 0.812. The first-order chi connectivity index (χ1) is 8.13. The maximum absolute atomic E-state index is 9.50. The third-order valence-electron chi connectivity index (χ3n) is 3.47. The zero-order valence-corrected chi connectivity index (χ0v) is 10.8. The number of rotatable bonds is 4. The van der Waals surface area contributed by atoms with Gasteiger partial charge in [0.25, 0.3) is 0 Å². The number of halogens is 1. The SMILES string of the molecule is Cc1cc(NCC2(CO)CCCC2)nc(Cl)n1. The molecule has 0 saturated heterocycles. The van der Waals surface area contributed by atoms with Crippen molar-refractivity contribution in [3.63, 3.8) is 0 Å². The number of aliphatic hydroxyl groups excluding tert-OH is 1. The van der Waals surface area contributed by atoms with E-state index in [1.807, 2.05) is 13.0 Å². The fourth-order valence-corrected chi connectivity index (χ4v) is 2.64. The number of aryl methyl sites for hydroxylation is 1. The van der Waals surface area contributed by atoms with Crippen LogP contribution >= 0.6 is 11.6 Å². The highest BCUT2D eigenvalue weighted by Crippen LogP contribution is 2.37.